The van der Waals surface area contributed by atoms with Crippen LogP contribution in [0.3, 0.4) is 0 Å². The number of hydrogen-bond donors (Lipinski definition) is 3. The first kappa shape index (κ1) is 13.5. The van der Waals surface area contributed by atoms with E-state index in [-0.39, 0.29) is 0 Å². The lowest BCUT2D eigenvalue weighted by molar-refractivity contribution is -0.119. The van der Waals surface area contributed by atoms with E-state index in [0.717, 1.165) is 5.92 Å². The molecule has 0 bridgehead atoms. The van der Waals surface area contributed by atoms with Gasteiger partial charge in [0.05, 0.1) is 6.04 Å². The zero-order valence-corrected chi connectivity index (χ0v) is 10.2. The smallest absolute Gasteiger partial charge is 0.235 e. The van der Waals surface area contributed by atoms with Crippen molar-refractivity contribution in [2.45, 2.75) is 57.5 Å². The third kappa shape index (κ3) is 4.49. The van der Waals surface area contributed by atoms with Crippen molar-refractivity contribution in [2.24, 2.45) is 17.4 Å². The summed E-state index contributed by atoms with van der Waals surface area (Å²) in [6.07, 6.45) is 7.98. The van der Waals surface area contributed by atoms with Gasteiger partial charge in [-0.3, -0.25) is 4.79 Å². The van der Waals surface area contributed by atoms with Gasteiger partial charge in [0.25, 0.3) is 0 Å². The fourth-order valence-electron chi connectivity index (χ4n) is 2.39. The Morgan fingerprint density at radius 3 is 2.38 bits per heavy atom. The molecule has 4 heteroatoms. The molecule has 0 aromatic carbocycles. The summed E-state index contributed by atoms with van der Waals surface area (Å²) in [5, 5.41) is 3.34. The van der Waals surface area contributed by atoms with Gasteiger partial charge in [-0.15, -0.1) is 0 Å². The molecule has 1 amide bonds. The predicted molar refractivity (Wildman–Crippen MR) is 65.8 cm³/mol. The molecule has 0 aromatic heterocycles. The topological polar surface area (TPSA) is 81.1 Å². The van der Waals surface area contributed by atoms with Crippen LogP contribution in [-0.4, -0.2) is 24.5 Å². The van der Waals surface area contributed by atoms with Crippen LogP contribution in [-0.2, 0) is 4.79 Å². The average molecular weight is 227 g/mol. The molecule has 5 N–H and O–H groups in total. The molecule has 2 atom stereocenters. The van der Waals surface area contributed by atoms with Crippen molar-refractivity contribution in [3.8, 4) is 0 Å². The van der Waals surface area contributed by atoms with Crippen LogP contribution in [0.5, 0.6) is 0 Å². The highest BCUT2D eigenvalue weighted by atomic mass is 16.1. The first-order valence-electron chi connectivity index (χ1n) is 6.39. The minimum Gasteiger partial charge on any atom is -0.368 e. The summed E-state index contributed by atoms with van der Waals surface area (Å²) in [7, 11) is 0. The van der Waals surface area contributed by atoms with Crippen LogP contribution in [0.2, 0.25) is 0 Å². The molecule has 0 aliphatic heterocycles. The minimum absolute atomic E-state index is 0.430. The van der Waals surface area contributed by atoms with Gasteiger partial charge in [0, 0.05) is 12.6 Å². The predicted octanol–water partition coefficient (Wildman–Crippen LogP) is 0.747. The molecule has 4 nitrogen and oxygen atoms in total. The third-order valence-electron chi connectivity index (χ3n) is 3.63. The summed E-state index contributed by atoms with van der Waals surface area (Å²) in [6.45, 7) is 2.68. The van der Waals surface area contributed by atoms with Crippen molar-refractivity contribution in [1.82, 2.24) is 5.32 Å². The van der Waals surface area contributed by atoms with E-state index in [0.29, 0.717) is 12.6 Å². The van der Waals surface area contributed by atoms with Crippen LogP contribution in [0.25, 0.3) is 0 Å². The van der Waals surface area contributed by atoms with Crippen molar-refractivity contribution in [3.63, 3.8) is 0 Å². The molecular weight excluding hydrogens is 202 g/mol. The summed E-state index contributed by atoms with van der Waals surface area (Å²) >= 11 is 0. The second kappa shape index (κ2) is 6.86. The first-order valence-corrected chi connectivity index (χ1v) is 6.39. The van der Waals surface area contributed by atoms with Crippen LogP contribution >= 0.6 is 0 Å². The maximum Gasteiger partial charge on any atom is 0.235 e. The van der Waals surface area contributed by atoms with Gasteiger partial charge >= 0.3 is 0 Å². The first-order chi connectivity index (χ1) is 7.61. The van der Waals surface area contributed by atoms with Gasteiger partial charge in [-0.25, -0.2) is 0 Å². The standard InChI is InChI=1S/C12H25N3O/c1-9(15-8-11(13)12(14)16)10-6-4-2-3-5-7-10/h9-11,15H,2-8,13H2,1H3,(H2,14,16)/t9-,11?/m1/s1. The van der Waals surface area contributed by atoms with Crippen LogP contribution in [0, 0.1) is 5.92 Å². The Hall–Kier alpha value is -0.610. The zero-order chi connectivity index (χ0) is 12.0. The average Bonchev–Trinajstić information content (AvgIpc) is 2.53. The van der Waals surface area contributed by atoms with Gasteiger partial charge in [-0.2, -0.15) is 0 Å². The summed E-state index contributed by atoms with van der Waals surface area (Å²) in [4.78, 5) is 10.8. The second-order valence-electron chi connectivity index (χ2n) is 4.96. The van der Waals surface area contributed by atoms with Gasteiger partial charge in [0.2, 0.25) is 5.91 Å². The second-order valence-corrected chi connectivity index (χ2v) is 4.96. The van der Waals surface area contributed by atoms with E-state index in [9.17, 15) is 4.79 Å². The maximum absolute atomic E-state index is 10.8. The molecule has 94 valence electrons. The number of amides is 1. The lowest BCUT2D eigenvalue weighted by Gasteiger charge is -2.24. The number of primary amides is 1. The number of nitrogens with two attached hydrogens (primary N) is 2. The summed E-state index contributed by atoms with van der Waals surface area (Å²) in [5.41, 5.74) is 10.7. The molecule has 0 spiro atoms. The van der Waals surface area contributed by atoms with Crippen molar-refractivity contribution >= 4 is 5.91 Å². The van der Waals surface area contributed by atoms with Gasteiger partial charge in [0.15, 0.2) is 0 Å². The molecule has 0 aromatic rings. The zero-order valence-electron chi connectivity index (χ0n) is 10.2. The van der Waals surface area contributed by atoms with Gasteiger partial charge in [-0.1, -0.05) is 25.7 Å². The number of carbonyl (C=O) groups is 1. The van der Waals surface area contributed by atoms with Crippen molar-refractivity contribution in [3.05, 3.63) is 0 Å². The normalized spacial score (nSPS) is 22.4. The Balaban J connectivity index is 2.27. The monoisotopic (exact) mass is 227 g/mol. The Morgan fingerprint density at radius 2 is 1.88 bits per heavy atom. The fourth-order valence-corrected chi connectivity index (χ4v) is 2.39. The number of rotatable bonds is 5. The fraction of sp³-hybridized carbons (Fsp3) is 0.917. The van der Waals surface area contributed by atoms with Gasteiger partial charge in [0.1, 0.15) is 0 Å². The van der Waals surface area contributed by atoms with Crippen molar-refractivity contribution < 1.29 is 4.79 Å². The molecule has 1 aliphatic rings. The Kier molecular flexibility index (Phi) is 5.77. The molecule has 1 saturated carbocycles. The number of hydrogen-bond acceptors (Lipinski definition) is 3. The van der Waals surface area contributed by atoms with Gasteiger partial charge in [-0.05, 0) is 25.7 Å². The van der Waals surface area contributed by atoms with E-state index in [2.05, 4.69) is 12.2 Å². The Morgan fingerprint density at radius 1 is 1.31 bits per heavy atom. The van der Waals surface area contributed by atoms with E-state index >= 15 is 0 Å². The minimum atomic E-state index is -0.562. The molecule has 1 rings (SSSR count). The molecule has 1 fully saturated rings. The third-order valence-corrected chi connectivity index (χ3v) is 3.63. The molecule has 0 saturated heterocycles. The van der Waals surface area contributed by atoms with Crippen LogP contribution in [0.1, 0.15) is 45.4 Å². The van der Waals surface area contributed by atoms with Crippen molar-refractivity contribution in [1.29, 1.82) is 0 Å². The van der Waals surface area contributed by atoms with Crippen LogP contribution in [0.4, 0.5) is 0 Å². The van der Waals surface area contributed by atoms with E-state index in [1.165, 1.54) is 38.5 Å². The molecule has 16 heavy (non-hydrogen) atoms. The summed E-state index contributed by atoms with van der Waals surface area (Å²) in [5.74, 6) is 0.295. The van der Waals surface area contributed by atoms with E-state index in [1.807, 2.05) is 0 Å². The van der Waals surface area contributed by atoms with Gasteiger partial charge < -0.3 is 16.8 Å². The van der Waals surface area contributed by atoms with Crippen LogP contribution < -0.4 is 16.8 Å². The quantitative estimate of drug-likeness (QED) is 0.606. The highest BCUT2D eigenvalue weighted by Crippen LogP contribution is 2.25. The Labute approximate surface area is 98.1 Å². The SMILES string of the molecule is C[C@@H](NCC(N)C(N)=O)C1CCCCCC1. The highest BCUT2D eigenvalue weighted by molar-refractivity contribution is 5.79. The lowest BCUT2D eigenvalue weighted by Crippen LogP contribution is -2.47. The summed E-state index contributed by atoms with van der Waals surface area (Å²) < 4.78 is 0. The summed E-state index contributed by atoms with van der Waals surface area (Å²) in [6, 6.07) is -0.128. The van der Waals surface area contributed by atoms with Crippen molar-refractivity contribution in [2.75, 3.05) is 6.54 Å². The molecule has 0 heterocycles. The molecule has 1 aliphatic carbocycles. The lowest BCUT2D eigenvalue weighted by atomic mass is 9.93. The molecule has 0 radical (unpaired) electrons. The Bertz CT molecular complexity index is 212. The maximum atomic E-state index is 10.8. The highest BCUT2D eigenvalue weighted by Gasteiger charge is 2.19. The van der Waals surface area contributed by atoms with Crippen LogP contribution in [0.15, 0.2) is 0 Å². The molecular formula is C12H25N3O. The molecule has 1 unspecified atom stereocenters. The van der Waals surface area contributed by atoms with E-state index in [4.69, 9.17) is 11.5 Å². The number of nitrogens with one attached hydrogen (secondary N) is 1. The van der Waals surface area contributed by atoms with E-state index in [1.54, 1.807) is 0 Å². The number of carbonyl (C=O) groups excluding carboxylic acids is 1. The van der Waals surface area contributed by atoms with E-state index < -0.39 is 11.9 Å². The largest absolute Gasteiger partial charge is 0.368 e.